The van der Waals surface area contributed by atoms with Crippen LogP contribution in [0.1, 0.15) is 5.56 Å². The molecule has 25 heavy (non-hydrogen) atoms. The van der Waals surface area contributed by atoms with Crippen LogP contribution in [0, 0.1) is 0 Å². The minimum Gasteiger partial charge on any atom is -0.310 e. The van der Waals surface area contributed by atoms with Crippen LogP contribution in [0.25, 0.3) is 16.6 Å². The van der Waals surface area contributed by atoms with Gasteiger partial charge in [-0.25, -0.2) is 14.6 Å². The summed E-state index contributed by atoms with van der Waals surface area (Å²) < 4.78 is 1.61. The normalized spacial score (nSPS) is 10.7. The monoisotopic (exact) mass is 329 g/mol. The molecule has 0 radical (unpaired) electrons. The van der Waals surface area contributed by atoms with E-state index in [0.717, 1.165) is 16.3 Å². The molecule has 0 aliphatic heterocycles. The van der Waals surface area contributed by atoms with Crippen LogP contribution < -0.4 is 5.32 Å². The molecule has 0 aliphatic rings. The number of carbonyl (C=O) groups is 1. The molecule has 0 bridgehead atoms. The molecule has 1 amide bonds. The molecule has 0 saturated heterocycles. The van der Waals surface area contributed by atoms with Crippen LogP contribution in [-0.4, -0.2) is 25.7 Å². The average molecular weight is 329 g/mol. The van der Waals surface area contributed by atoms with E-state index in [-0.39, 0.29) is 12.3 Å². The van der Waals surface area contributed by atoms with Gasteiger partial charge in [0.1, 0.15) is 12.1 Å². The minimum absolute atomic E-state index is 0.124. The van der Waals surface area contributed by atoms with Gasteiger partial charge in [-0.15, -0.1) is 0 Å². The van der Waals surface area contributed by atoms with Gasteiger partial charge in [0.05, 0.1) is 6.42 Å². The molecule has 6 nitrogen and oxygen atoms in total. The average Bonchev–Trinajstić information content (AvgIpc) is 3.17. The topological polar surface area (TPSA) is 72.7 Å². The first kappa shape index (κ1) is 15.0. The summed E-state index contributed by atoms with van der Waals surface area (Å²) in [5.74, 6) is 0.924. The number of anilines is 1. The Morgan fingerprint density at radius 2 is 1.92 bits per heavy atom. The Bertz CT molecular complexity index is 1020. The number of hydrogen-bond donors (Lipinski definition) is 1. The maximum Gasteiger partial charge on any atom is 0.229 e. The number of rotatable bonds is 4. The Balaban J connectivity index is 1.53. The van der Waals surface area contributed by atoms with E-state index in [1.807, 2.05) is 42.5 Å². The van der Waals surface area contributed by atoms with Crippen molar-refractivity contribution in [3.05, 3.63) is 78.9 Å². The van der Waals surface area contributed by atoms with Gasteiger partial charge in [0, 0.05) is 18.5 Å². The summed E-state index contributed by atoms with van der Waals surface area (Å²) in [6.45, 7) is 0. The molecule has 2 aromatic carbocycles. The fourth-order valence-electron chi connectivity index (χ4n) is 2.75. The zero-order valence-electron chi connectivity index (χ0n) is 13.3. The predicted molar refractivity (Wildman–Crippen MR) is 95.4 cm³/mol. The molecule has 0 fully saturated rings. The lowest BCUT2D eigenvalue weighted by molar-refractivity contribution is -0.115. The van der Waals surface area contributed by atoms with Crippen LogP contribution in [0.15, 0.2) is 73.3 Å². The summed E-state index contributed by atoms with van der Waals surface area (Å²) in [6.07, 6.45) is 5.14. The van der Waals surface area contributed by atoms with Crippen molar-refractivity contribution < 1.29 is 4.79 Å². The van der Waals surface area contributed by atoms with Gasteiger partial charge in [0.25, 0.3) is 0 Å². The van der Waals surface area contributed by atoms with Crippen LogP contribution in [0.3, 0.4) is 0 Å². The summed E-state index contributed by atoms with van der Waals surface area (Å²) in [5, 5.41) is 9.15. The van der Waals surface area contributed by atoms with Crippen LogP contribution in [0.2, 0.25) is 0 Å². The Kier molecular flexibility index (Phi) is 3.92. The SMILES string of the molecule is O=C(Cc1cccc2ccccc12)Nc1cc(-n2cccn2)ncn1. The smallest absolute Gasteiger partial charge is 0.229 e. The van der Waals surface area contributed by atoms with Crippen LogP contribution in [0.4, 0.5) is 5.82 Å². The number of hydrogen-bond acceptors (Lipinski definition) is 4. The van der Waals surface area contributed by atoms with Crippen LogP contribution in [-0.2, 0) is 11.2 Å². The summed E-state index contributed by atoms with van der Waals surface area (Å²) in [7, 11) is 0. The fraction of sp³-hybridized carbons (Fsp3) is 0.0526. The van der Waals surface area contributed by atoms with Gasteiger partial charge in [-0.05, 0) is 22.4 Å². The van der Waals surface area contributed by atoms with Gasteiger partial charge in [0.15, 0.2) is 5.82 Å². The van der Waals surface area contributed by atoms with Crippen molar-refractivity contribution in [3.8, 4) is 5.82 Å². The largest absolute Gasteiger partial charge is 0.310 e. The lowest BCUT2D eigenvalue weighted by atomic mass is 10.0. The second-order valence-corrected chi connectivity index (χ2v) is 5.58. The second kappa shape index (κ2) is 6.52. The molecule has 0 aliphatic carbocycles. The van der Waals surface area contributed by atoms with Crippen LogP contribution >= 0.6 is 0 Å². The molecule has 0 saturated carbocycles. The molecule has 0 spiro atoms. The first-order valence-corrected chi connectivity index (χ1v) is 7.88. The number of carbonyl (C=O) groups excluding carboxylic acids is 1. The molecule has 1 N–H and O–H groups in total. The Hall–Kier alpha value is -3.54. The summed E-state index contributed by atoms with van der Waals surface area (Å²) in [6, 6.07) is 17.5. The number of nitrogens with zero attached hydrogens (tertiary/aromatic N) is 4. The predicted octanol–water partition coefficient (Wildman–Crippen LogP) is 3.00. The first-order valence-electron chi connectivity index (χ1n) is 7.88. The quantitative estimate of drug-likeness (QED) is 0.625. The number of nitrogens with one attached hydrogen (secondary N) is 1. The van der Waals surface area contributed by atoms with E-state index >= 15 is 0 Å². The van der Waals surface area contributed by atoms with Crippen molar-refractivity contribution >= 4 is 22.5 Å². The molecule has 6 heteroatoms. The number of aromatic nitrogens is 4. The summed E-state index contributed by atoms with van der Waals surface area (Å²) in [5.41, 5.74) is 0.983. The van der Waals surface area contributed by atoms with Gasteiger partial charge in [-0.3, -0.25) is 4.79 Å². The third-order valence-corrected chi connectivity index (χ3v) is 3.89. The van der Waals surface area contributed by atoms with E-state index in [0.29, 0.717) is 11.6 Å². The van der Waals surface area contributed by atoms with Gasteiger partial charge in [-0.2, -0.15) is 5.10 Å². The van der Waals surface area contributed by atoms with E-state index in [1.54, 1.807) is 29.2 Å². The van der Waals surface area contributed by atoms with Gasteiger partial charge < -0.3 is 5.32 Å². The summed E-state index contributed by atoms with van der Waals surface area (Å²) in [4.78, 5) is 20.7. The molecule has 4 rings (SSSR count). The highest BCUT2D eigenvalue weighted by atomic mass is 16.1. The van der Waals surface area contributed by atoms with E-state index in [4.69, 9.17) is 0 Å². The molecule has 0 unspecified atom stereocenters. The number of benzene rings is 2. The number of fused-ring (bicyclic) bond motifs is 1. The minimum atomic E-state index is -0.124. The highest BCUT2D eigenvalue weighted by molar-refractivity contribution is 5.95. The number of amides is 1. The van der Waals surface area contributed by atoms with Crippen molar-refractivity contribution in [2.45, 2.75) is 6.42 Å². The Morgan fingerprint density at radius 3 is 2.80 bits per heavy atom. The van der Waals surface area contributed by atoms with Crippen molar-refractivity contribution in [1.29, 1.82) is 0 Å². The van der Waals surface area contributed by atoms with Crippen molar-refractivity contribution in [2.24, 2.45) is 0 Å². The van der Waals surface area contributed by atoms with E-state index in [1.165, 1.54) is 6.33 Å². The van der Waals surface area contributed by atoms with Crippen molar-refractivity contribution in [2.75, 3.05) is 5.32 Å². The molecular weight excluding hydrogens is 314 g/mol. The van der Waals surface area contributed by atoms with Gasteiger partial charge in [-0.1, -0.05) is 42.5 Å². The molecular formula is C19H15N5O. The molecule has 122 valence electrons. The maximum absolute atomic E-state index is 12.4. The highest BCUT2D eigenvalue weighted by Crippen LogP contribution is 2.19. The lowest BCUT2D eigenvalue weighted by Gasteiger charge is -2.08. The third kappa shape index (κ3) is 3.23. The van der Waals surface area contributed by atoms with E-state index in [9.17, 15) is 4.79 Å². The molecule has 0 atom stereocenters. The third-order valence-electron chi connectivity index (χ3n) is 3.89. The van der Waals surface area contributed by atoms with Crippen molar-refractivity contribution in [1.82, 2.24) is 19.7 Å². The van der Waals surface area contributed by atoms with E-state index < -0.39 is 0 Å². The molecule has 2 heterocycles. The molecule has 4 aromatic rings. The maximum atomic E-state index is 12.4. The highest BCUT2D eigenvalue weighted by Gasteiger charge is 2.09. The first-order chi connectivity index (χ1) is 12.3. The Labute approximate surface area is 144 Å². The summed E-state index contributed by atoms with van der Waals surface area (Å²) >= 11 is 0. The lowest BCUT2D eigenvalue weighted by Crippen LogP contribution is -2.16. The second-order valence-electron chi connectivity index (χ2n) is 5.58. The van der Waals surface area contributed by atoms with Gasteiger partial charge >= 0.3 is 0 Å². The zero-order chi connectivity index (χ0) is 17.1. The van der Waals surface area contributed by atoms with Crippen LogP contribution in [0.5, 0.6) is 0 Å². The van der Waals surface area contributed by atoms with E-state index in [2.05, 4.69) is 20.4 Å². The Morgan fingerprint density at radius 1 is 1.04 bits per heavy atom. The van der Waals surface area contributed by atoms with Crippen molar-refractivity contribution in [3.63, 3.8) is 0 Å². The zero-order valence-corrected chi connectivity index (χ0v) is 13.3. The van der Waals surface area contributed by atoms with Gasteiger partial charge in [0.2, 0.25) is 5.91 Å². The standard InChI is InChI=1S/C19H15N5O/c25-19(11-15-7-3-6-14-5-1-2-8-16(14)15)23-17-12-18(21-13-20-17)24-10-4-9-22-24/h1-10,12-13H,11H2,(H,20,21,23,25). The fourth-order valence-corrected chi connectivity index (χ4v) is 2.75. The molecule has 2 aromatic heterocycles.